The van der Waals surface area contributed by atoms with Crippen LogP contribution in [0.1, 0.15) is 16.8 Å². The first-order chi connectivity index (χ1) is 9.51. The standard InChI is InChI=1S/C15H20BrN3O/c1-10-7-13(8-11(2)14(10)16)18-15-17-12(3)9-19(15)5-6-20-4/h7-9H,5-6H2,1-4H3,(H,17,18). The molecule has 1 aromatic heterocycles. The molecule has 0 aliphatic rings. The maximum Gasteiger partial charge on any atom is 0.207 e. The molecule has 0 aliphatic carbocycles. The highest BCUT2D eigenvalue weighted by molar-refractivity contribution is 9.10. The number of hydrogen-bond donors (Lipinski definition) is 1. The largest absolute Gasteiger partial charge is 0.383 e. The molecule has 0 aliphatic heterocycles. The summed E-state index contributed by atoms with van der Waals surface area (Å²) in [6, 6.07) is 4.23. The number of aryl methyl sites for hydroxylation is 3. The first-order valence-corrected chi connectivity index (χ1v) is 7.37. The number of hydrogen-bond acceptors (Lipinski definition) is 3. The zero-order valence-electron chi connectivity index (χ0n) is 12.3. The Balaban J connectivity index is 2.25. The third kappa shape index (κ3) is 3.41. The van der Waals surface area contributed by atoms with Crippen LogP contribution in [0.3, 0.4) is 0 Å². The van der Waals surface area contributed by atoms with E-state index < -0.39 is 0 Å². The van der Waals surface area contributed by atoms with Crippen LogP contribution in [0.5, 0.6) is 0 Å². The van der Waals surface area contributed by atoms with Crippen LogP contribution in [0.2, 0.25) is 0 Å². The summed E-state index contributed by atoms with van der Waals surface area (Å²) in [6.45, 7) is 7.62. The molecule has 0 amide bonds. The predicted molar refractivity (Wildman–Crippen MR) is 85.7 cm³/mol. The van der Waals surface area contributed by atoms with Crippen molar-refractivity contribution < 1.29 is 4.74 Å². The van der Waals surface area contributed by atoms with Crippen molar-refractivity contribution in [1.82, 2.24) is 9.55 Å². The molecular weight excluding hydrogens is 318 g/mol. The number of methoxy groups -OCH3 is 1. The van der Waals surface area contributed by atoms with Gasteiger partial charge in [-0.3, -0.25) is 0 Å². The minimum absolute atomic E-state index is 0.670. The quantitative estimate of drug-likeness (QED) is 0.897. The first kappa shape index (κ1) is 15.1. The molecule has 4 nitrogen and oxygen atoms in total. The van der Waals surface area contributed by atoms with Gasteiger partial charge in [-0.2, -0.15) is 0 Å². The maximum absolute atomic E-state index is 5.13. The van der Waals surface area contributed by atoms with Crippen LogP contribution < -0.4 is 5.32 Å². The number of ether oxygens (including phenoxy) is 1. The molecule has 20 heavy (non-hydrogen) atoms. The molecule has 5 heteroatoms. The highest BCUT2D eigenvalue weighted by Gasteiger charge is 2.08. The van der Waals surface area contributed by atoms with Crippen LogP contribution >= 0.6 is 15.9 Å². The van der Waals surface area contributed by atoms with Gasteiger partial charge in [0.05, 0.1) is 12.3 Å². The van der Waals surface area contributed by atoms with Gasteiger partial charge in [0.15, 0.2) is 0 Å². The lowest BCUT2D eigenvalue weighted by Crippen LogP contribution is -2.07. The van der Waals surface area contributed by atoms with Gasteiger partial charge >= 0.3 is 0 Å². The molecule has 2 aromatic rings. The fourth-order valence-electron chi connectivity index (χ4n) is 2.15. The zero-order valence-corrected chi connectivity index (χ0v) is 13.9. The third-order valence-corrected chi connectivity index (χ3v) is 4.38. The highest BCUT2D eigenvalue weighted by atomic mass is 79.9. The lowest BCUT2D eigenvalue weighted by molar-refractivity contribution is 0.188. The molecule has 108 valence electrons. The summed E-state index contributed by atoms with van der Waals surface area (Å²) in [7, 11) is 1.71. The maximum atomic E-state index is 5.13. The summed E-state index contributed by atoms with van der Waals surface area (Å²) < 4.78 is 8.36. The predicted octanol–water partition coefficient (Wildman–Crippen LogP) is 3.96. The monoisotopic (exact) mass is 337 g/mol. The van der Waals surface area contributed by atoms with E-state index >= 15 is 0 Å². The Hall–Kier alpha value is -1.33. The van der Waals surface area contributed by atoms with E-state index in [1.165, 1.54) is 11.1 Å². The Morgan fingerprint density at radius 3 is 2.50 bits per heavy atom. The van der Waals surface area contributed by atoms with Crippen molar-refractivity contribution in [2.24, 2.45) is 0 Å². The van der Waals surface area contributed by atoms with E-state index in [0.29, 0.717) is 6.61 Å². The molecule has 0 radical (unpaired) electrons. The van der Waals surface area contributed by atoms with Crippen LogP contribution in [-0.2, 0) is 11.3 Å². The van der Waals surface area contributed by atoms with Gasteiger partial charge < -0.3 is 14.6 Å². The molecule has 1 N–H and O–H groups in total. The Kier molecular flexibility index (Phi) is 4.83. The van der Waals surface area contributed by atoms with Gasteiger partial charge in [0.25, 0.3) is 0 Å². The van der Waals surface area contributed by atoms with E-state index in [1.807, 2.05) is 13.1 Å². The molecule has 0 saturated carbocycles. The second-order valence-electron chi connectivity index (χ2n) is 4.94. The molecule has 0 bridgehead atoms. The van der Waals surface area contributed by atoms with Gasteiger partial charge in [0.1, 0.15) is 0 Å². The number of imidazole rings is 1. The smallest absolute Gasteiger partial charge is 0.207 e. The van der Waals surface area contributed by atoms with Crippen molar-refractivity contribution >= 4 is 27.6 Å². The van der Waals surface area contributed by atoms with E-state index in [1.54, 1.807) is 7.11 Å². The summed E-state index contributed by atoms with van der Waals surface area (Å²) in [5.74, 6) is 0.848. The molecule has 0 saturated heterocycles. The van der Waals surface area contributed by atoms with Crippen LogP contribution in [0.15, 0.2) is 22.8 Å². The fourth-order valence-corrected chi connectivity index (χ4v) is 2.38. The Bertz CT molecular complexity index is 584. The van der Waals surface area contributed by atoms with Crippen LogP contribution in [-0.4, -0.2) is 23.3 Å². The molecule has 1 heterocycles. The van der Waals surface area contributed by atoms with Gasteiger partial charge in [0, 0.05) is 30.0 Å². The summed E-state index contributed by atoms with van der Waals surface area (Å²) >= 11 is 3.59. The van der Waals surface area contributed by atoms with Crippen molar-refractivity contribution in [3.63, 3.8) is 0 Å². The van der Waals surface area contributed by atoms with Gasteiger partial charge in [0.2, 0.25) is 5.95 Å². The van der Waals surface area contributed by atoms with Crippen molar-refractivity contribution in [3.05, 3.63) is 39.6 Å². The van der Waals surface area contributed by atoms with Crippen molar-refractivity contribution in [3.8, 4) is 0 Å². The molecule has 2 rings (SSSR count). The van der Waals surface area contributed by atoms with Crippen LogP contribution in [0.25, 0.3) is 0 Å². The average Bonchev–Trinajstić information content (AvgIpc) is 2.73. The fraction of sp³-hybridized carbons (Fsp3) is 0.400. The number of anilines is 2. The summed E-state index contributed by atoms with van der Waals surface area (Å²) in [6.07, 6.45) is 2.03. The van der Waals surface area contributed by atoms with Crippen molar-refractivity contribution in [2.75, 3.05) is 19.0 Å². The summed E-state index contributed by atoms with van der Waals surface area (Å²) in [5.41, 5.74) is 4.46. The number of aromatic nitrogens is 2. The second kappa shape index (κ2) is 6.41. The normalized spacial score (nSPS) is 10.8. The second-order valence-corrected chi connectivity index (χ2v) is 5.73. The van der Waals surface area contributed by atoms with E-state index in [-0.39, 0.29) is 0 Å². The SMILES string of the molecule is COCCn1cc(C)nc1Nc1cc(C)c(Br)c(C)c1. The minimum atomic E-state index is 0.670. The van der Waals surface area contributed by atoms with E-state index in [4.69, 9.17) is 4.74 Å². The van der Waals surface area contributed by atoms with E-state index in [0.717, 1.165) is 28.3 Å². The first-order valence-electron chi connectivity index (χ1n) is 6.57. The number of halogens is 1. The molecule has 0 fully saturated rings. The molecule has 1 aromatic carbocycles. The zero-order chi connectivity index (χ0) is 14.7. The van der Waals surface area contributed by atoms with Crippen molar-refractivity contribution in [1.29, 1.82) is 0 Å². The lowest BCUT2D eigenvalue weighted by Gasteiger charge is -2.12. The Labute approximate surface area is 128 Å². The van der Waals surface area contributed by atoms with Gasteiger partial charge in [-0.05, 0) is 44.0 Å². The van der Waals surface area contributed by atoms with E-state index in [2.05, 4.69) is 56.8 Å². The number of nitrogens with zero attached hydrogens (tertiary/aromatic N) is 2. The Morgan fingerprint density at radius 1 is 1.25 bits per heavy atom. The van der Waals surface area contributed by atoms with Gasteiger partial charge in [-0.1, -0.05) is 15.9 Å². The van der Waals surface area contributed by atoms with E-state index in [9.17, 15) is 0 Å². The summed E-state index contributed by atoms with van der Waals surface area (Å²) in [5, 5.41) is 3.39. The number of rotatable bonds is 5. The Morgan fingerprint density at radius 2 is 1.90 bits per heavy atom. The molecule has 0 unspecified atom stereocenters. The molecule has 0 spiro atoms. The average molecular weight is 338 g/mol. The molecular formula is C15H20BrN3O. The number of nitrogens with one attached hydrogen (secondary N) is 1. The van der Waals surface area contributed by atoms with Crippen molar-refractivity contribution in [2.45, 2.75) is 27.3 Å². The lowest BCUT2D eigenvalue weighted by atomic mass is 10.1. The minimum Gasteiger partial charge on any atom is -0.383 e. The third-order valence-electron chi connectivity index (χ3n) is 3.13. The molecule has 0 atom stereocenters. The van der Waals surface area contributed by atoms with Gasteiger partial charge in [-0.15, -0.1) is 0 Å². The van der Waals surface area contributed by atoms with Crippen LogP contribution in [0.4, 0.5) is 11.6 Å². The van der Waals surface area contributed by atoms with Gasteiger partial charge in [-0.25, -0.2) is 4.98 Å². The highest BCUT2D eigenvalue weighted by Crippen LogP contribution is 2.26. The number of benzene rings is 1. The van der Waals surface area contributed by atoms with Crippen LogP contribution in [0, 0.1) is 20.8 Å². The summed E-state index contributed by atoms with van der Waals surface area (Å²) in [4.78, 5) is 4.53. The topological polar surface area (TPSA) is 39.1 Å².